The van der Waals surface area contributed by atoms with Crippen molar-refractivity contribution in [3.05, 3.63) is 0 Å². The molecular weight excluding hydrogens is 262 g/mol. The SMILES string of the molecule is CCCCC1CCN(C2=NC3(CCCCC3)C(=O)N2)CC1. The van der Waals surface area contributed by atoms with Gasteiger partial charge in [0.25, 0.3) is 5.91 Å². The molecule has 3 aliphatic rings. The number of aliphatic imine (C=N–C) groups is 1. The van der Waals surface area contributed by atoms with Crippen LogP contribution in [0, 0.1) is 5.92 Å². The molecule has 1 N–H and O–H groups in total. The van der Waals surface area contributed by atoms with Gasteiger partial charge in [0.2, 0.25) is 5.96 Å². The minimum atomic E-state index is -0.410. The van der Waals surface area contributed by atoms with E-state index < -0.39 is 5.54 Å². The third-order valence-corrected chi connectivity index (χ3v) is 5.53. The lowest BCUT2D eigenvalue weighted by atomic mass is 9.82. The van der Waals surface area contributed by atoms with Crippen LogP contribution < -0.4 is 5.32 Å². The van der Waals surface area contributed by atoms with Gasteiger partial charge in [-0.15, -0.1) is 0 Å². The minimum Gasteiger partial charge on any atom is -0.343 e. The molecule has 0 aromatic rings. The number of guanidine groups is 1. The van der Waals surface area contributed by atoms with E-state index in [1.807, 2.05) is 0 Å². The van der Waals surface area contributed by atoms with Crippen LogP contribution in [0.1, 0.15) is 71.1 Å². The number of hydrogen-bond donors (Lipinski definition) is 1. The molecule has 2 aliphatic heterocycles. The highest BCUT2D eigenvalue weighted by atomic mass is 16.2. The quantitative estimate of drug-likeness (QED) is 0.868. The number of rotatable bonds is 3. The molecule has 0 atom stereocenters. The molecule has 0 unspecified atom stereocenters. The van der Waals surface area contributed by atoms with E-state index >= 15 is 0 Å². The molecule has 0 aromatic carbocycles. The fourth-order valence-electron chi connectivity index (χ4n) is 4.05. The number of likely N-dealkylation sites (tertiary alicyclic amines) is 1. The van der Waals surface area contributed by atoms with Crippen LogP contribution in [0.4, 0.5) is 0 Å². The molecule has 4 nitrogen and oxygen atoms in total. The highest BCUT2D eigenvalue weighted by molar-refractivity contribution is 6.07. The Hall–Kier alpha value is -1.06. The second kappa shape index (κ2) is 6.37. The molecule has 118 valence electrons. The lowest BCUT2D eigenvalue weighted by Crippen LogP contribution is -2.46. The van der Waals surface area contributed by atoms with E-state index in [4.69, 9.17) is 4.99 Å². The van der Waals surface area contributed by atoms with Gasteiger partial charge < -0.3 is 4.90 Å². The zero-order valence-corrected chi connectivity index (χ0v) is 13.4. The first kappa shape index (κ1) is 14.9. The average Bonchev–Trinajstić information content (AvgIpc) is 2.83. The van der Waals surface area contributed by atoms with Gasteiger partial charge in [0.05, 0.1) is 0 Å². The molecule has 1 saturated carbocycles. The average molecular weight is 291 g/mol. The number of piperidine rings is 1. The van der Waals surface area contributed by atoms with Gasteiger partial charge in [-0.2, -0.15) is 0 Å². The fraction of sp³-hybridized carbons (Fsp3) is 0.882. The topological polar surface area (TPSA) is 44.7 Å². The molecule has 2 fully saturated rings. The van der Waals surface area contributed by atoms with Crippen molar-refractivity contribution >= 4 is 11.9 Å². The van der Waals surface area contributed by atoms with Gasteiger partial charge in [-0.05, 0) is 31.6 Å². The predicted octanol–water partition coefficient (Wildman–Crippen LogP) is 3.08. The van der Waals surface area contributed by atoms with Gasteiger partial charge in [-0.25, -0.2) is 4.99 Å². The number of hydrogen-bond acceptors (Lipinski definition) is 3. The lowest BCUT2D eigenvalue weighted by molar-refractivity contribution is -0.124. The molecule has 0 radical (unpaired) electrons. The van der Waals surface area contributed by atoms with E-state index in [1.165, 1.54) is 38.5 Å². The predicted molar refractivity (Wildman–Crippen MR) is 85.2 cm³/mol. The largest absolute Gasteiger partial charge is 0.343 e. The van der Waals surface area contributed by atoms with Gasteiger partial charge in [0, 0.05) is 13.1 Å². The second-order valence-electron chi connectivity index (χ2n) is 7.05. The highest BCUT2D eigenvalue weighted by Crippen LogP contribution is 2.35. The summed E-state index contributed by atoms with van der Waals surface area (Å²) in [7, 11) is 0. The summed E-state index contributed by atoms with van der Waals surface area (Å²) in [6, 6.07) is 0. The van der Waals surface area contributed by atoms with Crippen LogP contribution in [0.25, 0.3) is 0 Å². The van der Waals surface area contributed by atoms with E-state index in [1.54, 1.807) is 0 Å². The molecule has 0 bridgehead atoms. The number of nitrogens with one attached hydrogen (secondary N) is 1. The van der Waals surface area contributed by atoms with Crippen LogP contribution in [0.5, 0.6) is 0 Å². The van der Waals surface area contributed by atoms with Gasteiger partial charge in [0.1, 0.15) is 5.54 Å². The first-order chi connectivity index (χ1) is 10.2. The molecule has 0 aromatic heterocycles. The van der Waals surface area contributed by atoms with Crippen LogP contribution >= 0.6 is 0 Å². The first-order valence-electron chi connectivity index (χ1n) is 8.90. The molecule has 1 amide bonds. The van der Waals surface area contributed by atoms with Crippen LogP contribution in [0.15, 0.2) is 4.99 Å². The molecule has 4 heteroatoms. The Balaban J connectivity index is 1.58. The van der Waals surface area contributed by atoms with E-state index in [9.17, 15) is 4.79 Å². The molecule has 1 spiro atoms. The Morgan fingerprint density at radius 1 is 1.24 bits per heavy atom. The molecule has 1 saturated heterocycles. The van der Waals surface area contributed by atoms with Crippen molar-refractivity contribution in [3.8, 4) is 0 Å². The monoisotopic (exact) mass is 291 g/mol. The van der Waals surface area contributed by atoms with Crippen molar-refractivity contribution in [2.75, 3.05) is 13.1 Å². The summed E-state index contributed by atoms with van der Waals surface area (Å²) in [6.45, 7) is 4.38. The van der Waals surface area contributed by atoms with Crippen molar-refractivity contribution in [1.29, 1.82) is 0 Å². The summed E-state index contributed by atoms with van der Waals surface area (Å²) in [5, 5.41) is 3.08. The Morgan fingerprint density at radius 3 is 2.62 bits per heavy atom. The van der Waals surface area contributed by atoms with Crippen LogP contribution in [-0.4, -0.2) is 35.4 Å². The summed E-state index contributed by atoms with van der Waals surface area (Å²) < 4.78 is 0. The van der Waals surface area contributed by atoms with E-state index in [-0.39, 0.29) is 5.91 Å². The second-order valence-corrected chi connectivity index (χ2v) is 7.05. The summed E-state index contributed by atoms with van der Waals surface area (Å²) >= 11 is 0. The first-order valence-corrected chi connectivity index (χ1v) is 8.90. The molecule has 2 heterocycles. The number of amides is 1. The van der Waals surface area contributed by atoms with Crippen LogP contribution in [0.3, 0.4) is 0 Å². The standard InChI is InChI=1S/C17H29N3O/c1-2-3-7-14-8-12-20(13-9-14)16-18-15(21)17(19-16)10-5-4-6-11-17/h14H,2-13H2,1H3,(H,18,19,21). The maximum atomic E-state index is 12.4. The zero-order valence-electron chi connectivity index (χ0n) is 13.4. The number of unbranched alkanes of at least 4 members (excludes halogenated alkanes) is 1. The molecule has 1 aliphatic carbocycles. The summed E-state index contributed by atoms with van der Waals surface area (Å²) in [5.41, 5.74) is -0.410. The zero-order chi connectivity index (χ0) is 14.7. The Labute approximate surface area is 128 Å². The van der Waals surface area contributed by atoms with Crippen LogP contribution in [0.2, 0.25) is 0 Å². The molecule has 21 heavy (non-hydrogen) atoms. The normalized spacial score (nSPS) is 26.0. The summed E-state index contributed by atoms with van der Waals surface area (Å²) in [5.74, 6) is 1.91. The molecule has 3 rings (SSSR count). The van der Waals surface area contributed by atoms with Gasteiger partial charge in [-0.1, -0.05) is 45.4 Å². The maximum absolute atomic E-state index is 12.4. The van der Waals surface area contributed by atoms with Crippen molar-refractivity contribution in [2.24, 2.45) is 10.9 Å². The summed E-state index contributed by atoms with van der Waals surface area (Å²) in [6.07, 6.45) is 11.9. The fourth-order valence-corrected chi connectivity index (χ4v) is 4.05. The van der Waals surface area contributed by atoms with E-state index in [2.05, 4.69) is 17.1 Å². The minimum absolute atomic E-state index is 0.158. The van der Waals surface area contributed by atoms with Crippen molar-refractivity contribution in [2.45, 2.75) is 76.7 Å². The van der Waals surface area contributed by atoms with Crippen molar-refractivity contribution in [1.82, 2.24) is 10.2 Å². The number of carbonyl (C=O) groups excluding carboxylic acids is 1. The van der Waals surface area contributed by atoms with Crippen LogP contribution in [-0.2, 0) is 4.79 Å². The summed E-state index contributed by atoms with van der Waals surface area (Å²) in [4.78, 5) is 19.5. The smallest absolute Gasteiger partial charge is 0.254 e. The van der Waals surface area contributed by atoms with E-state index in [0.29, 0.717) is 0 Å². The lowest BCUT2D eigenvalue weighted by Gasteiger charge is -2.33. The highest BCUT2D eigenvalue weighted by Gasteiger charge is 2.45. The van der Waals surface area contributed by atoms with Gasteiger partial charge >= 0.3 is 0 Å². The van der Waals surface area contributed by atoms with E-state index in [0.717, 1.165) is 50.7 Å². The van der Waals surface area contributed by atoms with Gasteiger partial charge in [0.15, 0.2) is 0 Å². The maximum Gasteiger partial charge on any atom is 0.254 e. The third kappa shape index (κ3) is 3.09. The number of carbonyl (C=O) groups is 1. The number of nitrogens with zero attached hydrogens (tertiary/aromatic N) is 2. The Bertz CT molecular complexity index is 404. The van der Waals surface area contributed by atoms with Gasteiger partial charge in [-0.3, -0.25) is 10.1 Å². The Kier molecular flexibility index (Phi) is 4.51. The Morgan fingerprint density at radius 2 is 1.95 bits per heavy atom. The third-order valence-electron chi connectivity index (χ3n) is 5.53. The molecular formula is C17H29N3O. The van der Waals surface area contributed by atoms with Crippen molar-refractivity contribution in [3.63, 3.8) is 0 Å². The van der Waals surface area contributed by atoms with Crippen molar-refractivity contribution < 1.29 is 4.79 Å².